The van der Waals surface area contributed by atoms with Crippen molar-refractivity contribution in [1.82, 2.24) is 15.0 Å². The summed E-state index contributed by atoms with van der Waals surface area (Å²) in [6, 6.07) is 10.1. The minimum absolute atomic E-state index is 0.374. The smallest absolute Gasteiger partial charge is 0.325 e. The summed E-state index contributed by atoms with van der Waals surface area (Å²) in [7, 11) is 3.12. The van der Waals surface area contributed by atoms with Gasteiger partial charge in [-0.1, -0.05) is 0 Å². The number of nitrogens with one attached hydrogen (secondary N) is 2. The number of hydrogen-bond acceptors (Lipinski definition) is 8. The fourth-order valence-electron chi connectivity index (χ4n) is 2.70. The number of amides is 2. The monoisotopic (exact) mass is 423 g/mol. The number of ether oxygens (including phenoxy) is 3. The van der Waals surface area contributed by atoms with E-state index in [9.17, 15) is 4.79 Å². The molecule has 2 aromatic heterocycles. The number of fused-ring (bicyclic) bond motifs is 1. The number of carbonyl (C=O) groups excluding carboxylic acids is 1. The zero-order valence-electron chi connectivity index (χ0n) is 16.1. The standard InChI is InChI=1S/C20H17N5O4S/c1-27-16-9-14-15(10-17(16)28-2)22-11-23-18(14)29-13-5-3-12(4-6-13)24-19(26)25-20-21-7-8-30-20/h3-11H,1-2H3,(H2,21,24,25,26). The molecule has 0 atom stereocenters. The van der Waals surface area contributed by atoms with E-state index in [1.54, 1.807) is 62.2 Å². The lowest BCUT2D eigenvalue weighted by molar-refractivity contribution is 0.262. The van der Waals surface area contributed by atoms with E-state index in [1.807, 2.05) is 0 Å². The molecule has 4 rings (SSSR count). The molecule has 0 saturated carbocycles. The molecule has 0 saturated heterocycles. The van der Waals surface area contributed by atoms with Gasteiger partial charge >= 0.3 is 6.03 Å². The van der Waals surface area contributed by atoms with Gasteiger partial charge in [0.05, 0.1) is 25.1 Å². The van der Waals surface area contributed by atoms with Gasteiger partial charge in [0.15, 0.2) is 16.6 Å². The normalized spacial score (nSPS) is 10.5. The molecule has 30 heavy (non-hydrogen) atoms. The van der Waals surface area contributed by atoms with Crippen molar-refractivity contribution in [2.75, 3.05) is 24.9 Å². The first-order chi connectivity index (χ1) is 14.7. The van der Waals surface area contributed by atoms with E-state index in [0.29, 0.717) is 44.9 Å². The molecule has 0 spiro atoms. The van der Waals surface area contributed by atoms with E-state index in [2.05, 4.69) is 25.6 Å². The van der Waals surface area contributed by atoms with E-state index in [-0.39, 0.29) is 6.03 Å². The summed E-state index contributed by atoms with van der Waals surface area (Å²) >= 11 is 1.34. The lowest BCUT2D eigenvalue weighted by atomic mass is 10.2. The molecule has 0 bridgehead atoms. The molecular formula is C20H17N5O4S. The average Bonchev–Trinajstić information content (AvgIpc) is 3.27. The number of nitrogens with zero attached hydrogens (tertiary/aromatic N) is 3. The van der Waals surface area contributed by atoms with Gasteiger partial charge in [-0.2, -0.15) is 0 Å². The van der Waals surface area contributed by atoms with Crippen LogP contribution >= 0.6 is 11.3 Å². The molecule has 0 fully saturated rings. The Labute approximate surface area is 175 Å². The van der Waals surface area contributed by atoms with Crippen molar-refractivity contribution in [3.05, 3.63) is 54.3 Å². The van der Waals surface area contributed by atoms with Gasteiger partial charge in [0.1, 0.15) is 12.1 Å². The highest BCUT2D eigenvalue weighted by atomic mass is 32.1. The second-order valence-electron chi connectivity index (χ2n) is 5.95. The number of aromatic nitrogens is 3. The predicted octanol–water partition coefficient (Wildman–Crippen LogP) is 4.54. The van der Waals surface area contributed by atoms with Crippen LogP contribution in [0.1, 0.15) is 0 Å². The third-order valence-corrected chi connectivity index (χ3v) is 4.77. The summed E-state index contributed by atoms with van der Waals surface area (Å²) in [6.45, 7) is 0. The van der Waals surface area contributed by atoms with Crippen molar-refractivity contribution in [1.29, 1.82) is 0 Å². The number of anilines is 2. The first-order valence-corrected chi connectivity index (χ1v) is 9.66. The Morgan fingerprint density at radius 2 is 1.73 bits per heavy atom. The number of carbonyl (C=O) groups is 1. The summed E-state index contributed by atoms with van der Waals surface area (Å²) in [6.07, 6.45) is 3.04. The molecule has 0 radical (unpaired) electrons. The third kappa shape index (κ3) is 4.23. The summed E-state index contributed by atoms with van der Waals surface area (Å²) in [5.41, 5.74) is 1.27. The Kier molecular flexibility index (Phi) is 5.57. The molecule has 2 amide bonds. The van der Waals surface area contributed by atoms with E-state index < -0.39 is 0 Å². The van der Waals surface area contributed by atoms with Gasteiger partial charge in [0.2, 0.25) is 5.88 Å². The molecule has 2 aromatic carbocycles. The number of urea groups is 1. The third-order valence-electron chi connectivity index (χ3n) is 4.08. The number of methoxy groups -OCH3 is 2. The van der Waals surface area contributed by atoms with Crippen LogP contribution in [0, 0.1) is 0 Å². The lowest BCUT2D eigenvalue weighted by Crippen LogP contribution is -2.19. The first kappa shape index (κ1) is 19.4. The van der Waals surface area contributed by atoms with E-state index >= 15 is 0 Å². The van der Waals surface area contributed by atoms with Crippen LogP contribution in [0.4, 0.5) is 15.6 Å². The van der Waals surface area contributed by atoms with Crippen molar-refractivity contribution in [3.8, 4) is 23.1 Å². The topological polar surface area (TPSA) is 107 Å². The average molecular weight is 423 g/mol. The van der Waals surface area contributed by atoms with Crippen LogP contribution in [-0.2, 0) is 0 Å². The molecule has 0 aliphatic carbocycles. The van der Waals surface area contributed by atoms with Gasteiger partial charge in [0.25, 0.3) is 0 Å². The van der Waals surface area contributed by atoms with Gasteiger partial charge in [-0.25, -0.2) is 19.7 Å². The second kappa shape index (κ2) is 8.62. The SMILES string of the molecule is COc1cc2ncnc(Oc3ccc(NC(=O)Nc4nccs4)cc3)c2cc1OC. The molecule has 2 heterocycles. The van der Waals surface area contributed by atoms with Crippen LogP contribution in [0.3, 0.4) is 0 Å². The summed E-state index contributed by atoms with van der Waals surface area (Å²) in [4.78, 5) is 24.5. The summed E-state index contributed by atoms with van der Waals surface area (Å²) in [5, 5.41) is 8.37. The minimum atomic E-state index is -0.374. The molecule has 152 valence electrons. The van der Waals surface area contributed by atoms with Crippen LogP contribution in [-0.4, -0.2) is 35.2 Å². The highest BCUT2D eigenvalue weighted by Crippen LogP contribution is 2.35. The molecule has 2 N–H and O–H groups in total. The number of rotatable bonds is 6. The van der Waals surface area contributed by atoms with E-state index in [1.165, 1.54) is 17.7 Å². The number of benzene rings is 2. The Bertz CT molecular complexity index is 1170. The quantitative estimate of drug-likeness (QED) is 0.469. The summed E-state index contributed by atoms with van der Waals surface area (Å²) in [5.74, 6) is 2.05. The van der Waals surface area contributed by atoms with Crippen LogP contribution in [0.25, 0.3) is 10.9 Å². The zero-order chi connectivity index (χ0) is 20.9. The lowest BCUT2D eigenvalue weighted by Gasteiger charge is -2.12. The molecule has 9 nitrogen and oxygen atoms in total. The Balaban J connectivity index is 1.50. The van der Waals surface area contributed by atoms with Gasteiger partial charge in [-0.15, -0.1) is 11.3 Å². The Morgan fingerprint density at radius 1 is 0.967 bits per heavy atom. The van der Waals surface area contributed by atoms with Crippen LogP contribution in [0.2, 0.25) is 0 Å². The molecule has 4 aromatic rings. The molecule has 10 heteroatoms. The van der Waals surface area contributed by atoms with Gasteiger partial charge in [-0.05, 0) is 30.3 Å². The molecular weight excluding hydrogens is 406 g/mol. The highest BCUT2D eigenvalue weighted by Gasteiger charge is 2.12. The fraction of sp³-hybridized carbons (Fsp3) is 0.100. The van der Waals surface area contributed by atoms with Crippen molar-refractivity contribution in [2.24, 2.45) is 0 Å². The largest absolute Gasteiger partial charge is 0.493 e. The maximum atomic E-state index is 12.0. The minimum Gasteiger partial charge on any atom is -0.493 e. The predicted molar refractivity (Wildman–Crippen MR) is 114 cm³/mol. The van der Waals surface area contributed by atoms with Crippen molar-refractivity contribution in [2.45, 2.75) is 0 Å². The number of hydrogen-bond donors (Lipinski definition) is 2. The maximum Gasteiger partial charge on any atom is 0.325 e. The van der Waals surface area contributed by atoms with Crippen LogP contribution in [0.5, 0.6) is 23.1 Å². The highest BCUT2D eigenvalue weighted by molar-refractivity contribution is 7.13. The van der Waals surface area contributed by atoms with Gasteiger partial charge in [0, 0.05) is 23.3 Å². The fourth-order valence-corrected chi connectivity index (χ4v) is 3.23. The van der Waals surface area contributed by atoms with Crippen LogP contribution < -0.4 is 24.8 Å². The van der Waals surface area contributed by atoms with E-state index in [0.717, 1.165) is 0 Å². The molecule has 0 unspecified atom stereocenters. The Morgan fingerprint density at radius 3 is 2.43 bits per heavy atom. The van der Waals surface area contributed by atoms with E-state index in [4.69, 9.17) is 14.2 Å². The zero-order valence-corrected chi connectivity index (χ0v) is 16.9. The molecule has 0 aliphatic rings. The van der Waals surface area contributed by atoms with Crippen LogP contribution in [0.15, 0.2) is 54.3 Å². The first-order valence-electron chi connectivity index (χ1n) is 8.78. The maximum absolute atomic E-state index is 12.0. The Hall–Kier alpha value is -3.92. The van der Waals surface area contributed by atoms with Gasteiger partial charge < -0.3 is 19.5 Å². The number of thiazole rings is 1. The van der Waals surface area contributed by atoms with Crippen molar-refractivity contribution in [3.63, 3.8) is 0 Å². The summed E-state index contributed by atoms with van der Waals surface area (Å²) < 4.78 is 16.6. The van der Waals surface area contributed by atoms with Crippen molar-refractivity contribution < 1.29 is 19.0 Å². The van der Waals surface area contributed by atoms with Crippen molar-refractivity contribution >= 4 is 39.1 Å². The van der Waals surface area contributed by atoms with Gasteiger partial charge in [-0.3, -0.25) is 5.32 Å². The molecule has 0 aliphatic heterocycles. The second-order valence-corrected chi connectivity index (χ2v) is 6.84.